The van der Waals surface area contributed by atoms with Gasteiger partial charge in [-0.2, -0.15) is 0 Å². The minimum atomic E-state index is -0.192. The Kier molecular flexibility index (Phi) is 7.52. The molecule has 0 aliphatic carbocycles. The van der Waals surface area contributed by atoms with Crippen LogP contribution in [0.2, 0.25) is 0 Å². The first-order valence-electron chi connectivity index (χ1n) is 6.41. The molecule has 0 saturated carbocycles. The second-order valence-electron chi connectivity index (χ2n) is 4.18. The van der Waals surface area contributed by atoms with Gasteiger partial charge in [0.15, 0.2) is 0 Å². The minimum Gasteiger partial charge on any atom is -0.494 e. The lowest BCUT2D eigenvalue weighted by atomic mass is 10.1. The number of carbonyl (C=O) groups is 1. The summed E-state index contributed by atoms with van der Waals surface area (Å²) >= 11 is 3.34. The topological polar surface area (TPSA) is 58.6 Å². The van der Waals surface area contributed by atoms with E-state index in [4.69, 9.17) is 9.84 Å². The molecule has 0 fully saturated rings. The van der Waals surface area contributed by atoms with Crippen LogP contribution in [-0.2, 0) is 0 Å². The normalized spacial score (nSPS) is 11.9. The summed E-state index contributed by atoms with van der Waals surface area (Å²) in [7, 11) is 0. The van der Waals surface area contributed by atoms with E-state index in [1.54, 1.807) is 24.3 Å². The third-order valence-corrected chi connectivity index (χ3v) is 3.27. The van der Waals surface area contributed by atoms with Crippen LogP contribution in [0.25, 0.3) is 0 Å². The van der Waals surface area contributed by atoms with Crippen LogP contribution in [0.4, 0.5) is 0 Å². The van der Waals surface area contributed by atoms with E-state index in [0.29, 0.717) is 18.6 Å². The fourth-order valence-electron chi connectivity index (χ4n) is 1.49. The summed E-state index contributed by atoms with van der Waals surface area (Å²) in [5.74, 6) is 0.583. The summed E-state index contributed by atoms with van der Waals surface area (Å²) in [4.78, 5) is 11.9. The molecule has 19 heavy (non-hydrogen) atoms. The molecule has 0 spiro atoms. The van der Waals surface area contributed by atoms with Crippen LogP contribution >= 0.6 is 15.9 Å². The third kappa shape index (κ3) is 5.61. The van der Waals surface area contributed by atoms with Crippen molar-refractivity contribution in [1.82, 2.24) is 5.32 Å². The highest BCUT2D eigenvalue weighted by Gasteiger charge is 2.11. The number of carbonyl (C=O) groups excluding carboxylic acids is 1. The number of hydrogen-bond donors (Lipinski definition) is 2. The molecule has 1 amide bonds. The SMILES string of the molecule is CCC(CO)NC(=O)c1ccc(OCCCBr)cc1. The van der Waals surface area contributed by atoms with Crippen molar-refractivity contribution in [1.29, 1.82) is 0 Å². The summed E-state index contributed by atoms with van der Waals surface area (Å²) in [5.41, 5.74) is 0.569. The molecule has 0 bridgehead atoms. The van der Waals surface area contributed by atoms with Gasteiger partial charge >= 0.3 is 0 Å². The maximum absolute atomic E-state index is 11.9. The highest BCUT2D eigenvalue weighted by molar-refractivity contribution is 9.09. The lowest BCUT2D eigenvalue weighted by molar-refractivity contribution is 0.0915. The van der Waals surface area contributed by atoms with Crippen molar-refractivity contribution in [2.45, 2.75) is 25.8 Å². The van der Waals surface area contributed by atoms with E-state index in [1.165, 1.54) is 0 Å². The molecule has 1 aromatic rings. The van der Waals surface area contributed by atoms with Gasteiger partial charge in [0.05, 0.1) is 19.3 Å². The Bertz CT molecular complexity index is 377. The van der Waals surface area contributed by atoms with Crippen molar-refractivity contribution in [3.8, 4) is 5.75 Å². The molecular weight excluding hydrogens is 310 g/mol. The Hall–Kier alpha value is -1.07. The van der Waals surface area contributed by atoms with Gasteiger partial charge in [-0.1, -0.05) is 22.9 Å². The highest BCUT2D eigenvalue weighted by atomic mass is 79.9. The summed E-state index contributed by atoms with van der Waals surface area (Å²) in [6.07, 6.45) is 1.65. The molecule has 4 nitrogen and oxygen atoms in total. The summed E-state index contributed by atoms with van der Waals surface area (Å²) in [5, 5.41) is 12.7. The van der Waals surface area contributed by atoms with Gasteiger partial charge in [-0.3, -0.25) is 4.79 Å². The van der Waals surface area contributed by atoms with E-state index < -0.39 is 0 Å². The molecule has 2 N–H and O–H groups in total. The van der Waals surface area contributed by atoms with Crippen molar-refractivity contribution < 1.29 is 14.6 Å². The number of aliphatic hydroxyl groups is 1. The van der Waals surface area contributed by atoms with Gasteiger partial charge in [0.25, 0.3) is 5.91 Å². The molecule has 1 unspecified atom stereocenters. The van der Waals surface area contributed by atoms with Crippen LogP contribution in [0, 0.1) is 0 Å². The van der Waals surface area contributed by atoms with Gasteiger partial charge < -0.3 is 15.2 Å². The zero-order valence-electron chi connectivity index (χ0n) is 11.1. The Morgan fingerprint density at radius 2 is 2.11 bits per heavy atom. The maximum Gasteiger partial charge on any atom is 0.251 e. The van der Waals surface area contributed by atoms with E-state index in [-0.39, 0.29) is 18.6 Å². The molecule has 0 saturated heterocycles. The third-order valence-electron chi connectivity index (χ3n) is 2.71. The van der Waals surface area contributed by atoms with E-state index in [1.807, 2.05) is 6.92 Å². The summed E-state index contributed by atoms with van der Waals surface area (Å²) in [6, 6.07) is 6.82. The van der Waals surface area contributed by atoms with E-state index in [9.17, 15) is 4.79 Å². The van der Waals surface area contributed by atoms with Crippen LogP contribution in [-0.4, -0.2) is 35.6 Å². The molecule has 1 rings (SSSR count). The van der Waals surface area contributed by atoms with Crippen LogP contribution in [0.3, 0.4) is 0 Å². The number of nitrogens with one attached hydrogen (secondary N) is 1. The van der Waals surface area contributed by atoms with Crippen LogP contribution < -0.4 is 10.1 Å². The maximum atomic E-state index is 11.9. The highest BCUT2D eigenvalue weighted by Crippen LogP contribution is 2.12. The van der Waals surface area contributed by atoms with E-state index >= 15 is 0 Å². The number of alkyl halides is 1. The molecular formula is C14H20BrNO3. The molecule has 0 aliphatic rings. The van der Waals surface area contributed by atoms with Crippen LogP contribution in [0.5, 0.6) is 5.75 Å². The second-order valence-corrected chi connectivity index (χ2v) is 4.97. The van der Waals surface area contributed by atoms with Gasteiger partial charge in [0.2, 0.25) is 0 Å². The molecule has 0 heterocycles. The molecule has 1 atom stereocenters. The number of benzene rings is 1. The van der Waals surface area contributed by atoms with Crippen LogP contribution in [0.15, 0.2) is 24.3 Å². The molecule has 0 aliphatic heterocycles. The second kappa shape index (κ2) is 8.93. The molecule has 1 aromatic carbocycles. The monoisotopic (exact) mass is 329 g/mol. The predicted molar refractivity (Wildman–Crippen MR) is 79.0 cm³/mol. The number of rotatable bonds is 8. The molecule has 106 valence electrons. The van der Waals surface area contributed by atoms with Gasteiger partial charge in [-0.25, -0.2) is 0 Å². The standard InChI is InChI=1S/C14H20BrNO3/c1-2-12(10-17)16-14(18)11-4-6-13(7-5-11)19-9-3-8-15/h4-7,12,17H,2-3,8-10H2,1H3,(H,16,18). The van der Waals surface area contributed by atoms with Crippen molar-refractivity contribution in [2.24, 2.45) is 0 Å². The first kappa shape index (κ1) is 16.0. The predicted octanol–water partition coefficient (Wildman–Crippen LogP) is 2.35. The minimum absolute atomic E-state index is 0.0457. The van der Waals surface area contributed by atoms with Crippen molar-refractivity contribution in [2.75, 3.05) is 18.5 Å². The Morgan fingerprint density at radius 1 is 1.42 bits per heavy atom. The van der Waals surface area contributed by atoms with E-state index in [0.717, 1.165) is 17.5 Å². The fourth-order valence-corrected chi connectivity index (χ4v) is 1.72. The quantitative estimate of drug-likeness (QED) is 0.568. The average molecular weight is 330 g/mol. The van der Waals surface area contributed by atoms with Gasteiger partial charge in [-0.15, -0.1) is 0 Å². The van der Waals surface area contributed by atoms with Gasteiger partial charge in [0, 0.05) is 10.9 Å². The summed E-state index contributed by atoms with van der Waals surface area (Å²) in [6.45, 7) is 2.52. The zero-order valence-corrected chi connectivity index (χ0v) is 12.6. The smallest absolute Gasteiger partial charge is 0.251 e. The Labute approximate surface area is 122 Å². The molecule has 0 radical (unpaired) electrons. The lowest BCUT2D eigenvalue weighted by Gasteiger charge is -2.14. The molecule has 0 aromatic heterocycles. The summed E-state index contributed by atoms with van der Waals surface area (Å²) < 4.78 is 5.50. The van der Waals surface area contributed by atoms with Gasteiger partial charge in [-0.05, 0) is 37.1 Å². The van der Waals surface area contributed by atoms with Gasteiger partial charge in [0.1, 0.15) is 5.75 Å². The number of halogens is 1. The number of ether oxygens (including phenoxy) is 1. The zero-order chi connectivity index (χ0) is 14.1. The average Bonchev–Trinajstić information content (AvgIpc) is 2.45. The van der Waals surface area contributed by atoms with Crippen LogP contribution in [0.1, 0.15) is 30.1 Å². The number of aliphatic hydroxyl groups excluding tert-OH is 1. The number of hydrogen-bond acceptors (Lipinski definition) is 3. The van der Waals surface area contributed by atoms with Crippen molar-refractivity contribution in [3.63, 3.8) is 0 Å². The Morgan fingerprint density at radius 3 is 2.63 bits per heavy atom. The molecule has 5 heteroatoms. The van der Waals surface area contributed by atoms with Crippen molar-refractivity contribution in [3.05, 3.63) is 29.8 Å². The first-order valence-corrected chi connectivity index (χ1v) is 7.54. The Balaban J connectivity index is 2.52. The van der Waals surface area contributed by atoms with Crippen molar-refractivity contribution >= 4 is 21.8 Å². The fraction of sp³-hybridized carbons (Fsp3) is 0.500. The largest absolute Gasteiger partial charge is 0.494 e. The number of amides is 1. The lowest BCUT2D eigenvalue weighted by Crippen LogP contribution is -2.36. The van der Waals surface area contributed by atoms with E-state index in [2.05, 4.69) is 21.2 Å². The first-order chi connectivity index (χ1) is 9.21.